The number of hydrogen-bond acceptors (Lipinski definition) is 2. The third-order valence-corrected chi connectivity index (χ3v) is 2.30. The first-order valence-corrected chi connectivity index (χ1v) is 4.53. The van der Waals surface area contributed by atoms with Gasteiger partial charge in [-0.05, 0) is 24.1 Å². The molecule has 0 aliphatic heterocycles. The highest BCUT2D eigenvalue weighted by atomic mass is 16.1. The number of isocyanates is 1. The summed E-state index contributed by atoms with van der Waals surface area (Å²) in [5, 5.41) is 0.979. The fraction of sp³-hybridized carbons (Fsp3) is 0.182. The fourth-order valence-corrected chi connectivity index (χ4v) is 1.51. The lowest BCUT2D eigenvalue weighted by molar-refractivity contribution is 0.565. The van der Waals surface area contributed by atoms with Gasteiger partial charge in [0.2, 0.25) is 6.08 Å². The largest absolute Gasteiger partial charge is 0.359 e. The Hall–Kier alpha value is -1.86. The lowest BCUT2D eigenvalue weighted by atomic mass is 10.1. The molecule has 1 N–H and O–H groups in total. The second kappa shape index (κ2) is 3.48. The Morgan fingerprint density at radius 1 is 1.50 bits per heavy atom. The summed E-state index contributed by atoms with van der Waals surface area (Å²) in [4.78, 5) is 16.8. The van der Waals surface area contributed by atoms with Crippen LogP contribution in [0.5, 0.6) is 0 Å². The molecule has 0 amide bonds. The van der Waals surface area contributed by atoms with Crippen LogP contribution in [0, 0.1) is 0 Å². The first-order chi connectivity index (χ1) is 6.85. The second-order valence-electron chi connectivity index (χ2n) is 3.11. The highest BCUT2D eigenvalue weighted by Crippen LogP contribution is 2.26. The zero-order valence-electron chi connectivity index (χ0n) is 7.87. The van der Waals surface area contributed by atoms with E-state index in [0.29, 0.717) is 5.69 Å². The van der Waals surface area contributed by atoms with Crippen molar-refractivity contribution in [2.45, 2.75) is 13.3 Å². The Bertz CT molecular complexity index is 507. The molecular weight excluding hydrogens is 176 g/mol. The molecule has 0 fully saturated rings. The van der Waals surface area contributed by atoms with Gasteiger partial charge in [0.15, 0.2) is 0 Å². The van der Waals surface area contributed by atoms with Crippen LogP contribution in [-0.4, -0.2) is 11.1 Å². The number of hydrogen-bond donors (Lipinski definition) is 1. The van der Waals surface area contributed by atoms with Gasteiger partial charge in [-0.15, -0.1) is 0 Å². The van der Waals surface area contributed by atoms with E-state index in [4.69, 9.17) is 0 Å². The number of aliphatic imine (C=N–C) groups is 1. The van der Waals surface area contributed by atoms with E-state index in [2.05, 4.69) is 23.0 Å². The van der Waals surface area contributed by atoms with Crippen LogP contribution < -0.4 is 0 Å². The van der Waals surface area contributed by atoms with Gasteiger partial charge in [-0.3, -0.25) is 0 Å². The van der Waals surface area contributed by atoms with Crippen LogP contribution in [0.25, 0.3) is 10.9 Å². The topological polar surface area (TPSA) is 45.2 Å². The second-order valence-corrected chi connectivity index (χ2v) is 3.11. The molecule has 0 aliphatic carbocycles. The van der Waals surface area contributed by atoms with Gasteiger partial charge in [-0.1, -0.05) is 13.0 Å². The molecule has 70 valence electrons. The normalized spacial score (nSPS) is 10.1. The van der Waals surface area contributed by atoms with Gasteiger partial charge in [-0.25, -0.2) is 4.79 Å². The quantitative estimate of drug-likeness (QED) is 0.568. The highest BCUT2D eigenvalue weighted by Gasteiger charge is 2.02. The maximum atomic E-state index is 10.2. The van der Waals surface area contributed by atoms with Crippen molar-refractivity contribution in [3.05, 3.63) is 30.0 Å². The summed E-state index contributed by atoms with van der Waals surface area (Å²) < 4.78 is 0. The zero-order chi connectivity index (χ0) is 9.97. The van der Waals surface area contributed by atoms with E-state index in [1.165, 1.54) is 5.56 Å². The molecule has 3 nitrogen and oxygen atoms in total. The smallest absolute Gasteiger partial charge is 0.240 e. The number of carbonyl (C=O) groups excluding carboxylic acids is 1. The summed E-state index contributed by atoms with van der Waals surface area (Å²) in [6, 6.07) is 6.10. The lowest BCUT2D eigenvalue weighted by Crippen LogP contribution is -1.77. The van der Waals surface area contributed by atoms with Crippen LogP contribution in [0.4, 0.5) is 5.69 Å². The molecule has 0 saturated heterocycles. The lowest BCUT2D eigenvalue weighted by Gasteiger charge is -1.96. The Kier molecular flexibility index (Phi) is 2.17. The van der Waals surface area contributed by atoms with Crippen molar-refractivity contribution in [2.75, 3.05) is 0 Å². The zero-order valence-corrected chi connectivity index (χ0v) is 7.87. The highest BCUT2D eigenvalue weighted by molar-refractivity contribution is 5.92. The summed E-state index contributed by atoms with van der Waals surface area (Å²) >= 11 is 0. The van der Waals surface area contributed by atoms with Gasteiger partial charge in [0, 0.05) is 17.1 Å². The van der Waals surface area contributed by atoms with E-state index in [9.17, 15) is 4.79 Å². The maximum Gasteiger partial charge on any atom is 0.240 e. The van der Waals surface area contributed by atoms with Gasteiger partial charge in [0.1, 0.15) is 5.69 Å². The minimum absolute atomic E-state index is 0.658. The molecule has 0 unspecified atom stereocenters. The van der Waals surface area contributed by atoms with Gasteiger partial charge in [0.25, 0.3) is 0 Å². The number of aromatic nitrogens is 1. The molecule has 0 spiro atoms. The number of rotatable bonds is 2. The van der Waals surface area contributed by atoms with E-state index in [1.54, 1.807) is 12.3 Å². The summed E-state index contributed by atoms with van der Waals surface area (Å²) in [5.41, 5.74) is 2.89. The molecule has 0 saturated carbocycles. The van der Waals surface area contributed by atoms with Crippen molar-refractivity contribution in [1.29, 1.82) is 0 Å². The average molecular weight is 186 g/mol. The molecular formula is C11H10N2O. The molecule has 2 aromatic rings. The van der Waals surface area contributed by atoms with E-state index in [1.807, 2.05) is 12.1 Å². The molecule has 1 heterocycles. The number of nitrogens with one attached hydrogen (secondary N) is 1. The first kappa shape index (κ1) is 8.73. The van der Waals surface area contributed by atoms with Gasteiger partial charge in [-0.2, -0.15) is 4.99 Å². The van der Waals surface area contributed by atoms with E-state index >= 15 is 0 Å². The third-order valence-electron chi connectivity index (χ3n) is 2.30. The molecule has 0 bridgehead atoms. The number of fused-ring (bicyclic) bond motifs is 1. The van der Waals surface area contributed by atoms with Crippen molar-refractivity contribution in [1.82, 2.24) is 4.98 Å². The molecule has 1 aromatic carbocycles. The maximum absolute atomic E-state index is 10.2. The van der Waals surface area contributed by atoms with E-state index in [-0.39, 0.29) is 0 Å². The summed E-state index contributed by atoms with van der Waals surface area (Å²) in [6.45, 7) is 2.09. The van der Waals surface area contributed by atoms with Crippen molar-refractivity contribution in [2.24, 2.45) is 4.99 Å². The third kappa shape index (κ3) is 1.34. The molecule has 0 radical (unpaired) electrons. The molecule has 14 heavy (non-hydrogen) atoms. The monoisotopic (exact) mass is 186 g/mol. The van der Waals surface area contributed by atoms with Crippen molar-refractivity contribution in [3.8, 4) is 0 Å². The number of benzene rings is 1. The molecule has 1 aromatic heterocycles. The summed E-state index contributed by atoms with van der Waals surface area (Å²) in [6.07, 6.45) is 4.25. The molecule has 0 atom stereocenters. The SMILES string of the molecule is CCc1ccc2[nH]cc(N=C=O)c2c1. The van der Waals surface area contributed by atoms with E-state index in [0.717, 1.165) is 17.3 Å². The van der Waals surface area contributed by atoms with E-state index < -0.39 is 0 Å². The predicted octanol–water partition coefficient (Wildman–Crippen LogP) is 2.70. The number of nitrogens with zero attached hydrogens (tertiary/aromatic N) is 1. The molecule has 3 heteroatoms. The Morgan fingerprint density at radius 2 is 2.36 bits per heavy atom. The average Bonchev–Trinajstić information content (AvgIpc) is 2.61. The standard InChI is InChI=1S/C11H10N2O/c1-2-8-3-4-10-9(5-8)11(6-12-10)13-7-14/h3-6,12H,2H2,1H3. The predicted molar refractivity (Wildman–Crippen MR) is 55.5 cm³/mol. The van der Waals surface area contributed by atoms with Crippen molar-refractivity contribution >= 4 is 22.7 Å². The summed E-state index contributed by atoms with van der Waals surface area (Å²) in [5.74, 6) is 0. The van der Waals surface area contributed by atoms with Gasteiger partial charge in [0.05, 0.1) is 0 Å². The molecule has 0 aliphatic rings. The first-order valence-electron chi connectivity index (χ1n) is 4.53. The Labute approximate surface area is 81.5 Å². The number of aryl methyl sites for hydroxylation is 1. The number of aromatic amines is 1. The van der Waals surface area contributed by atoms with Crippen molar-refractivity contribution < 1.29 is 4.79 Å². The minimum atomic E-state index is 0.658. The fourth-order valence-electron chi connectivity index (χ4n) is 1.51. The van der Waals surface area contributed by atoms with Crippen LogP contribution in [0.3, 0.4) is 0 Å². The van der Waals surface area contributed by atoms with Gasteiger partial charge < -0.3 is 4.98 Å². The van der Waals surface area contributed by atoms with Crippen LogP contribution >= 0.6 is 0 Å². The van der Waals surface area contributed by atoms with Crippen LogP contribution in [0.15, 0.2) is 29.4 Å². The van der Waals surface area contributed by atoms with Crippen LogP contribution in [-0.2, 0) is 11.2 Å². The van der Waals surface area contributed by atoms with Crippen molar-refractivity contribution in [3.63, 3.8) is 0 Å². The molecule has 2 rings (SSSR count). The Balaban J connectivity index is 2.69. The van der Waals surface area contributed by atoms with Gasteiger partial charge >= 0.3 is 0 Å². The minimum Gasteiger partial charge on any atom is -0.359 e. The van der Waals surface area contributed by atoms with Crippen LogP contribution in [0.1, 0.15) is 12.5 Å². The number of H-pyrrole nitrogens is 1. The van der Waals surface area contributed by atoms with Crippen LogP contribution in [0.2, 0.25) is 0 Å². The summed E-state index contributed by atoms with van der Waals surface area (Å²) in [7, 11) is 0. The Morgan fingerprint density at radius 3 is 3.07 bits per heavy atom.